The normalized spacial score (nSPS) is 11.8. The van der Waals surface area contributed by atoms with Crippen molar-refractivity contribution in [2.24, 2.45) is 0 Å². The van der Waals surface area contributed by atoms with Crippen LogP contribution in [0.15, 0.2) is 67.0 Å². The minimum Gasteiger partial charge on any atom is -0.505 e. The lowest BCUT2D eigenvalue weighted by atomic mass is 9.96. The summed E-state index contributed by atoms with van der Waals surface area (Å²) in [5, 5.41) is 26.0. The maximum atomic E-state index is 12.7. The Morgan fingerprint density at radius 1 is 1.14 bits per heavy atom. The van der Waals surface area contributed by atoms with Crippen LogP contribution in [0.1, 0.15) is 49.0 Å². The first kappa shape index (κ1) is 23.8. The molecule has 8 nitrogen and oxygen atoms in total. The zero-order valence-electron chi connectivity index (χ0n) is 19.6. The van der Waals surface area contributed by atoms with Gasteiger partial charge in [-0.15, -0.1) is 0 Å². The molecule has 35 heavy (non-hydrogen) atoms. The summed E-state index contributed by atoms with van der Waals surface area (Å²) < 4.78 is 0. The molecule has 0 bridgehead atoms. The zero-order chi connectivity index (χ0) is 24.9. The quantitative estimate of drug-likeness (QED) is 0.255. The first-order chi connectivity index (χ1) is 16.9. The summed E-state index contributed by atoms with van der Waals surface area (Å²) >= 11 is 0. The summed E-state index contributed by atoms with van der Waals surface area (Å²) in [6, 6.07) is 15.1. The second kappa shape index (κ2) is 10.3. The van der Waals surface area contributed by atoms with E-state index in [1.165, 1.54) is 18.3 Å². The number of aromatic hydroxyl groups is 1. The van der Waals surface area contributed by atoms with Crippen molar-refractivity contribution in [1.29, 1.82) is 0 Å². The Labute approximate surface area is 202 Å². The summed E-state index contributed by atoms with van der Waals surface area (Å²) in [6.45, 7) is 4.00. The maximum absolute atomic E-state index is 12.7. The molecule has 0 fully saturated rings. The molecular weight excluding hydrogens is 444 g/mol. The van der Waals surface area contributed by atoms with E-state index in [1.807, 2.05) is 44.2 Å². The zero-order valence-corrected chi connectivity index (χ0v) is 19.6. The third-order valence-corrected chi connectivity index (χ3v) is 5.98. The fourth-order valence-electron chi connectivity index (χ4n) is 4.12. The average molecular weight is 471 g/mol. The van der Waals surface area contributed by atoms with Crippen LogP contribution in [0.2, 0.25) is 0 Å². The van der Waals surface area contributed by atoms with Crippen molar-refractivity contribution in [3.8, 4) is 16.9 Å². The van der Waals surface area contributed by atoms with E-state index in [1.54, 1.807) is 18.3 Å². The Kier molecular flexibility index (Phi) is 7.01. The van der Waals surface area contributed by atoms with E-state index in [2.05, 4.69) is 15.3 Å². The predicted molar refractivity (Wildman–Crippen MR) is 134 cm³/mol. The number of pyridine rings is 2. The second-order valence-corrected chi connectivity index (χ2v) is 8.38. The van der Waals surface area contributed by atoms with Gasteiger partial charge in [-0.05, 0) is 42.7 Å². The average Bonchev–Trinajstić information content (AvgIpc) is 2.87. The van der Waals surface area contributed by atoms with E-state index in [4.69, 9.17) is 0 Å². The highest BCUT2D eigenvalue weighted by Gasteiger charge is 2.27. The maximum Gasteiger partial charge on any atom is 0.279 e. The fourth-order valence-corrected chi connectivity index (χ4v) is 4.12. The van der Waals surface area contributed by atoms with Crippen molar-refractivity contribution in [3.05, 3.63) is 93.9 Å². The predicted octanol–water partition coefficient (Wildman–Crippen LogP) is 5.61. The number of phenols is 1. The number of hydrogen-bond donors (Lipinski definition) is 2. The van der Waals surface area contributed by atoms with Gasteiger partial charge in [0.2, 0.25) is 5.91 Å². The van der Waals surface area contributed by atoms with Gasteiger partial charge < -0.3 is 10.4 Å². The van der Waals surface area contributed by atoms with E-state index in [0.717, 1.165) is 23.1 Å². The monoisotopic (exact) mass is 470 g/mol. The van der Waals surface area contributed by atoms with Gasteiger partial charge in [-0.3, -0.25) is 24.9 Å². The molecule has 1 amide bonds. The third kappa shape index (κ3) is 4.96. The van der Waals surface area contributed by atoms with Gasteiger partial charge >= 0.3 is 0 Å². The number of fused-ring (bicyclic) bond motifs is 1. The molecule has 0 aliphatic heterocycles. The van der Waals surface area contributed by atoms with Crippen molar-refractivity contribution >= 4 is 22.5 Å². The van der Waals surface area contributed by atoms with E-state index in [-0.39, 0.29) is 33.8 Å². The Hall–Kier alpha value is -4.33. The number of non-ortho nitro benzene ring substituents is 1. The number of rotatable bonds is 8. The number of carbonyl (C=O) groups is 1. The van der Waals surface area contributed by atoms with E-state index < -0.39 is 11.0 Å². The largest absolute Gasteiger partial charge is 0.505 e. The van der Waals surface area contributed by atoms with Gasteiger partial charge in [-0.2, -0.15) is 0 Å². The van der Waals surface area contributed by atoms with E-state index >= 15 is 0 Å². The van der Waals surface area contributed by atoms with Gasteiger partial charge in [0.1, 0.15) is 17.3 Å². The molecule has 2 N–H and O–H groups in total. The molecule has 4 aromatic rings. The van der Waals surface area contributed by atoms with Gasteiger partial charge in [-0.25, -0.2) is 0 Å². The van der Waals surface area contributed by atoms with Gasteiger partial charge in [0, 0.05) is 36.0 Å². The van der Waals surface area contributed by atoms with Crippen LogP contribution in [0.4, 0.5) is 5.69 Å². The Morgan fingerprint density at radius 3 is 2.63 bits per heavy atom. The lowest BCUT2D eigenvalue weighted by Crippen LogP contribution is -2.30. The van der Waals surface area contributed by atoms with Crippen molar-refractivity contribution in [2.45, 2.75) is 39.2 Å². The highest BCUT2D eigenvalue weighted by molar-refractivity contribution is 5.94. The molecule has 0 aliphatic rings. The molecule has 2 aromatic heterocycles. The second-order valence-electron chi connectivity index (χ2n) is 8.38. The van der Waals surface area contributed by atoms with Crippen LogP contribution in [-0.2, 0) is 4.79 Å². The minimum atomic E-state index is -0.893. The Bertz CT molecular complexity index is 1390. The topological polar surface area (TPSA) is 118 Å². The van der Waals surface area contributed by atoms with Crippen LogP contribution >= 0.6 is 0 Å². The first-order valence-corrected chi connectivity index (χ1v) is 11.5. The van der Waals surface area contributed by atoms with Gasteiger partial charge in [-0.1, -0.05) is 43.7 Å². The molecule has 8 heteroatoms. The Morgan fingerprint density at radius 2 is 1.94 bits per heavy atom. The molecule has 4 rings (SSSR count). The number of phenolic OH excluding ortho intramolecular Hbond substituents is 1. The molecular formula is C27H26N4O4. The summed E-state index contributed by atoms with van der Waals surface area (Å²) in [5.41, 5.74) is 3.55. The molecule has 2 heterocycles. The number of aryl methyl sites for hydroxylation is 1. The number of hydrogen-bond acceptors (Lipinski definition) is 6. The number of nitro benzene ring substituents is 1. The van der Waals surface area contributed by atoms with Gasteiger partial charge in [0.05, 0.1) is 16.0 Å². The van der Waals surface area contributed by atoms with Crippen LogP contribution in [-0.4, -0.2) is 25.9 Å². The molecule has 1 unspecified atom stereocenters. The van der Waals surface area contributed by atoms with Crippen LogP contribution in [0.3, 0.4) is 0 Å². The first-order valence-electron chi connectivity index (χ1n) is 11.5. The standard InChI is InChI=1S/C27H26N4O4/c1-3-4-11-24(32)30-25(22-13-12-18(16-29-22)19-9-6-5-8-17(19)2)21-15-23(31(34)35)20-10-7-14-28-26(20)27(21)33/h5-10,12-16,25,33H,3-4,11H2,1-2H3,(H,30,32). The van der Waals surface area contributed by atoms with Crippen molar-refractivity contribution in [1.82, 2.24) is 15.3 Å². The molecule has 0 saturated heterocycles. The van der Waals surface area contributed by atoms with Crippen LogP contribution in [0, 0.1) is 17.0 Å². The summed E-state index contributed by atoms with van der Waals surface area (Å²) in [4.78, 5) is 32.8. The SMILES string of the molecule is CCCCC(=O)NC(c1ccc(-c2ccccc2C)cn1)c1cc([N+](=O)[O-])c2cccnc2c1O. The number of nitro groups is 1. The minimum absolute atomic E-state index is 0.0982. The van der Waals surface area contributed by atoms with Crippen LogP contribution in [0.25, 0.3) is 22.0 Å². The number of amides is 1. The molecule has 178 valence electrons. The number of nitrogens with zero attached hydrogens (tertiary/aromatic N) is 3. The van der Waals surface area contributed by atoms with Crippen LogP contribution in [0.5, 0.6) is 5.75 Å². The van der Waals surface area contributed by atoms with E-state index in [9.17, 15) is 20.0 Å². The third-order valence-electron chi connectivity index (χ3n) is 5.98. The van der Waals surface area contributed by atoms with Gasteiger partial charge in [0.25, 0.3) is 5.69 Å². The smallest absolute Gasteiger partial charge is 0.279 e. The molecule has 1 atom stereocenters. The summed E-state index contributed by atoms with van der Waals surface area (Å²) in [5.74, 6) is -0.457. The van der Waals surface area contributed by atoms with Crippen molar-refractivity contribution < 1.29 is 14.8 Å². The number of benzene rings is 2. The lowest BCUT2D eigenvalue weighted by molar-refractivity contribution is -0.383. The summed E-state index contributed by atoms with van der Waals surface area (Å²) in [7, 11) is 0. The number of carbonyl (C=O) groups excluding carboxylic acids is 1. The fraction of sp³-hybridized carbons (Fsp3) is 0.222. The molecule has 0 saturated carbocycles. The Balaban J connectivity index is 1.83. The lowest BCUT2D eigenvalue weighted by Gasteiger charge is -2.21. The van der Waals surface area contributed by atoms with Crippen molar-refractivity contribution in [3.63, 3.8) is 0 Å². The molecule has 0 radical (unpaired) electrons. The molecule has 0 aliphatic carbocycles. The van der Waals surface area contributed by atoms with E-state index in [0.29, 0.717) is 18.5 Å². The number of nitrogens with one attached hydrogen (secondary N) is 1. The highest BCUT2D eigenvalue weighted by Crippen LogP contribution is 2.39. The number of aromatic nitrogens is 2. The van der Waals surface area contributed by atoms with Gasteiger partial charge in [0.15, 0.2) is 0 Å². The molecule has 0 spiro atoms. The van der Waals surface area contributed by atoms with Crippen molar-refractivity contribution in [2.75, 3.05) is 0 Å². The van der Waals surface area contributed by atoms with Crippen LogP contribution < -0.4 is 5.32 Å². The highest BCUT2D eigenvalue weighted by atomic mass is 16.6. The number of unbranched alkanes of at least 4 members (excludes halogenated alkanes) is 1. The summed E-state index contributed by atoms with van der Waals surface area (Å²) in [6.07, 6.45) is 5.00. The molecule has 2 aromatic carbocycles.